The number of nitrogens with zero attached hydrogens (tertiary/aromatic N) is 3. The number of rotatable bonds is 4. The lowest BCUT2D eigenvalue weighted by atomic mass is 10.2. The zero-order chi connectivity index (χ0) is 15.5. The van der Waals surface area contributed by atoms with Crippen LogP contribution in [0, 0.1) is 5.82 Å². The van der Waals surface area contributed by atoms with Crippen LogP contribution < -0.4 is 5.32 Å². The van der Waals surface area contributed by atoms with Crippen molar-refractivity contribution in [3.63, 3.8) is 0 Å². The first-order valence-corrected chi connectivity index (χ1v) is 7.60. The van der Waals surface area contributed by atoms with Crippen molar-refractivity contribution in [1.29, 1.82) is 0 Å². The van der Waals surface area contributed by atoms with E-state index in [4.69, 9.17) is 0 Å². The summed E-state index contributed by atoms with van der Waals surface area (Å²) in [5.41, 5.74) is 1.84. The van der Waals surface area contributed by atoms with Crippen LogP contribution in [-0.4, -0.2) is 20.7 Å². The SMILES string of the molecule is CCn1ccc(C(=O)Nc2nc(-c3ccc(F)cc3)cs2)n1. The molecule has 3 aromatic rings. The summed E-state index contributed by atoms with van der Waals surface area (Å²) in [7, 11) is 0. The van der Waals surface area contributed by atoms with Crippen LogP contribution in [0.1, 0.15) is 17.4 Å². The fourth-order valence-electron chi connectivity index (χ4n) is 1.90. The van der Waals surface area contributed by atoms with Gasteiger partial charge in [0.25, 0.3) is 5.91 Å². The van der Waals surface area contributed by atoms with Crippen molar-refractivity contribution in [3.8, 4) is 11.3 Å². The molecule has 1 N–H and O–H groups in total. The molecular formula is C15H13FN4OS. The smallest absolute Gasteiger partial charge is 0.277 e. The summed E-state index contributed by atoms with van der Waals surface area (Å²) in [4.78, 5) is 16.4. The van der Waals surface area contributed by atoms with Crippen LogP contribution in [0.5, 0.6) is 0 Å². The van der Waals surface area contributed by atoms with Gasteiger partial charge in [-0.25, -0.2) is 9.37 Å². The first-order valence-electron chi connectivity index (χ1n) is 6.72. The third-order valence-corrected chi connectivity index (χ3v) is 3.82. The van der Waals surface area contributed by atoms with Gasteiger partial charge in [0, 0.05) is 23.7 Å². The Hall–Kier alpha value is -2.54. The Morgan fingerprint density at radius 2 is 2.09 bits per heavy atom. The molecule has 0 saturated carbocycles. The molecule has 7 heteroatoms. The number of benzene rings is 1. The van der Waals surface area contributed by atoms with Gasteiger partial charge in [-0.2, -0.15) is 5.10 Å². The van der Waals surface area contributed by atoms with Gasteiger partial charge in [-0.05, 0) is 37.3 Å². The molecule has 0 atom stereocenters. The summed E-state index contributed by atoms with van der Waals surface area (Å²) in [6.07, 6.45) is 1.75. The largest absolute Gasteiger partial charge is 0.296 e. The molecule has 112 valence electrons. The first-order chi connectivity index (χ1) is 10.7. The van der Waals surface area contributed by atoms with Gasteiger partial charge in [0.1, 0.15) is 5.82 Å². The molecule has 5 nitrogen and oxygen atoms in total. The number of thiazole rings is 1. The number of carbonyl (C=O) groups is 1. The van der Waals surface area contributed by atoms with Crippen molar-refractivity contribution >= 4 is 22.4 Å². The van der Waals surface area contributed by atoms with E-state index in [1.807, 2.05) is 12.3 Å². The molecule has 0 aliphatic carbocycles. The van der Waals surface area contributed by atoms with E-state index in [1.165, 1.54) is 23.5 Å². The zero-order valence-electron chi connectivity index (χ0n) is 11.8. The predicted octanol–water partition coefficient (Wildman–Crippen LogP) is 3.42. The van der Waals surface area contributed by atoms with Crippen LogP contribution in [0.2, 0.25) is 0 Å². The highest BCUT2D eigenvalue weighted by Crippen LogP contribution is 2.25. The average molecular weight is 316 g/mol. The summed E-state index contributed by atoms with van der Waals surface area (Å²) >= 11 is 1.31. The first kappa shape index (κ1) is 14.4. The summed E-state index contributed by atoms with van der Waals surface area (Å²) < 4.78 is 14.6. The molecule has 22 heavy (non-hydrogen) atoms. The molecule has 1 amide bonds. The van der Waals surface area contributed by atoms with Gasteiger partial charge in [0.15, 0.2) is 10.8 Å². The Labute approximate surface area is 130 Å². The minimum Gasteiger partial charge on any atom is -0.296 e. The van der Waals surface area contributed by atoms with Crippen LogP contribution in [0.15, 0.2) is 41.9 Å². The van der Waals surface area contributed by atoms with E-state index in [2.05, 4.69) is 15.4 Å². The number of halogens is 1. The third-order valence-electron chi connectivity index (χ3n) is 3.06. The fourth-order valence-corrected chi connectivity index (χ4v) is 2.62. The number of hydrogen-bond acceptors (Lipinski definition) is 4. The highest BCUT2D eigenvalue weighted by atomic mass is 32.1. The molecule has 3 rings (SSSR count). The highest BCUT2D eigenvalue weighted by Gasteiger charge is 2.12. The van der Waals surface area contributed by atoms with Gasteiger partial charge in [-0.1, -0.05) is 0 Å². The summed E-state index contributed by atoms with van der Waals surface area (Å²) in [5, 5.41) is 9.15. The van der Waals surface area contributed by atoms with E-state index in [1.54, 1.807) is 29.1 Å². The fraction of sp³-hybridized carbons (Fsp3) is 0.133. The Kier molecular flexibility index (Phi) is 3.97. The van der Waals surface area contributed by atoms with Gasteiger partial charge < -0.3 is 0 Å². The van der Waals surface area contributed by atoms with Crippen LogP contribution in [0.4, 0.5) is 9.52 Å². The van der Waals surface area contributed by atoms with Gasteiger partial charge in [0.2, 0.25) is 0 Å². The standard InChI is InChI=1S/C15H13FN4OS/c1-2-20-8-7-12(19-20)14(21)18-15-17-13(9-22-15)10-3-5-11(16)6-4-10/h3-9H,2H2,1H3,(H,17,18,21). The van der Waals surface area contributed by atoms with Crippen LogP contribution in [-0.2, 0) is 6.54 Å². The topological polar surface area (TPSA) is 59.8 Å². The lowest BCUT2D eigenvalue weighted by Gasteiger charge is -1.98. The van der Waals surface area contributed by atoms with E-state index in [0.29, 0.717) is 23.1 Å². The van der Waals surface area contributed by atoms with Crippen molar-refractivity contribution in [2.45, 2.75) is 13.5 Å². The molecular weight excluding hydrogens is 303 g/mol. The molecule has 2 aromatic heterocycles. The molecule has 0 aliphatic heterocycles. The summed E-state index contributed by atoms with van der Waals surface area (Å²) in [5.74, 6) is -0.591. The average Bonchev–Trinajstić information content (AvgIpc) is 3.17. The second-order valence-corrected chi connectivity index (χ2v) is 5.41. The molecule has 0 saturated heterocycles. The van der Waals surface area contributed by atoms with Gasteiger partial charge >= 0.3 is 0 Å². The van der Waals surface area contributed by atoms with Crippen molar-refractivity contribution < 1.29 is 9.18 Å². The van der Waals surface area contributed by atoms with Gasteiger partial charge in [-0.15, -0.1) is 11.3 Å². The number of aryl methyl sites for hydroxylation is 1. The van der Waals surface area contributed by atoms with Crippen molar-refractivity contribution in [2.75, 3.05) is 5.32 Å². The number of carbonyl (C=O) groups excluding carboxylic acids is 1. The van der Waals surface area contributed by atoms with E-state index in [-0.39, 0.29) is 11.7 Å². The molecule has 1 aromatic carbocycles. The van der Waals surface area contributed by atoms with Gasteiger partial charge in [0.05, 0.1) is 5.69 Å². The number of anilines is 1. The maximum Gasteiger partial charge on any atom is 0.277 e. The van der Waals surface area contributed by atoms with E-state index in [9.17, 15) is 9.18 Å². The quantitative estimate of drug-likeness (QED) is 0.802. The number of amides is 1. The molecule has 0 aliphatic rings. The van der Waals surface area contributed by atoms with E-state index in [0.717, 1.165) is 5.56 Å². The normalized spacial score (nSPS) is 10.6. The third kappa shape index (κ3) is 3.04. The predicted molar refractivity (Wildman–Crippen MR) is 83.4 cm³/mol. The second kappa shape index (κ2) is 6.07. The Morgan fingerprint density at radius 1 is 1.32 bits per heavy atom. The maximum absolute atomic E-state index is 12.9. The van der Waals surface area contributed by atoms with Crippen LogP contribution in [0.3, 0.4) is 0 Å². The molecule has 0 spiro atoms. The molecule has 0 radical (unpaired) electrons. The number of aromatic nitrogens is 3. The Bertz CT molecular complexity index is 794. The molecule has 0 fully saturated rings. The Morgan fingerprint density at radius 3 is 2.77 bits per heavy atom. The number of nitrogens with one attached hydrogen (secondary N) is 1. The Balaban J connectivity index is 1.73. The second-order valence-electron chi connectivity index (χ2n) is 4.56. The van der Waals surface area contributed by atoms with E-state index < -0.39 is 0 Å². The van der Waals surface area contributed by atoms with E-state index >= 15 is 0 Å². The maximum atomic E-state index is 12.9. The minimum absolute atomic E-state index is 0.293. The number of hydrogen-bond donors (Lipinski definition) is 1. The molecule has 2 heterocycles. The van der Waals surface area contributed by atoms with Crippen LogP contribution >= 0.6 is 11.3 Å². The monoisotopic (exact) mass is 316 g/mol. The van der Waals surface area contributed by atoms with Crippen molar-refractivity contribution in [2.24, 2.45) is 0 Å². The van der Waals surface area contributed by atoms with Crippen molar-refractivity contribution in [1.82, 2.24) is 14.8 Å². The zero-order valence-corrected chi connectivity index (χ0v) is 12.6. The minimum atomic E-state index is -0.299. The van der Waals surface area contributed by atoms with Crippen molar-refractivity contribution in [3.05, 3.63) is 53.4 Å². The molecule has 0 unspecified atom stereocenters. The summed E-state index contributed by atoms with van der Waals surface area (Å²) in [6, 6.07) is 7.72. The lowest BCUT2D eigenvalue weighted by Crippen LogP contribution is -2.13. The summed E-state index contributed by atoms with van der Waals surface area (Å²) in [6.45, 7) is 2.66. The lowest BCUT2D eigenvalue weighted by molar-refractivity contribution is 0.102. The van der Waals surface area contributed by atoms with Gasteiger partial charge in [-0.3, -0.25) is 14.8 Å². The molecule has 0 bridgehead atoms. The van der Waals surface area contributed by atoms with Crippen LogP contribution in [0.25, 0.3) is 11.3 Å². The highest BCUT2D eigenvalue weighted by molar-refractivity contribution is 7.14.